The molecule has 0 spiro atoms. The van der Waals surface area contributed by atoms with Crippen molar-refractivity contribution in [2.24, 2.45) is 0 Å². The van der Waals surface area contributed by atoms with E-state index in [9.17, 15) is 4.79 Å². The van der Waals surface area contributed by atoms with Crippen LogP contribution in [0.3, 0.4) is 0 Å². The number of amides is 1. The Morgan fingerprint density at radius 1 is 1.34 bits per heavy atom. The van der Waals surface area contributed by atoms with Gasteiger partial charge < -0.3 is 15.4 Å². The van der Waals surface area contributed by atoms with E-state index in [0.717, 1.165) is 52.5 Å². The van der Waals surface area contributed by atoms with Gasteiger partial charge in [-0.3, -0.25) is 4.79 Å². The molecule has 1 saturated carbocycles. The van der Waals surface area contributed by atoms with E-state index in [1.165, 1.54) is 0 Å². The van der Waals surface area contributed by atoms with Crippen LogP contribution in [-0.2, 0) is 4.79 Å². The van der Waals surface area contributed by atoms with Crippen molar-refractivity contribution in [3.05, 3.63) is 59.9 Å². The van der Waals surface area contributed by atoms with Crippen molar-refractivity contribution in [1.82, 2.24) is 19.9 Å². The molecule has 5 rings (SSSR count). The number of rotatable bonds is 5. The average Bonchev–Trinajstić information content (AvgIpc) is 3.36. The lowest BCUT2D eigenvalue weighted by atomic mass is 10.1. The summed E-state index contributed by atoms with van der Waals surface area (Å²) in [6.07, 6.45) is 6.35. The monoisotopic (exact) mass is 387 g/mol. The molecule has 0 atom stereocenters. The molecule has 2 aromatic heterocycles. The van der Waals surface area contributed by atoms with E-state index >= 15 is 0 Å². The van der Waals surface area contributed by atoms with Crippen LogP contribution in [0.25, 0.3) is 23.0 Å². The largest absolute Gasteiger partial charge is 0.497 e. The summed E-state index contributed by atoms with van der Waals surface area (Å²) in [5.41, 5.74) is 4.87. The van der Waals surface area contributed by atoms with Crippen LogP contribution < -0.4 is 15.4 Å². The quantitative estimate of drug-likeness (QED) is 0.701. The predicted molar refractivity (Wildman–Crippen MR) is 111 cm³/mol. The molecule has 1 saturated heterocycles. The molecular formula is C22H21N5O2. The van der Waals surface area contributed by atoms with Crippen molar-refractivity contribution < 1.29 is 9.53 Å². The Bertz CT molecular complexity index is 1170. The molecule has 2 N–H and O–H groups in total. The number of benzene rings is 1. The maximum atomic E-state index is 11.7. The third-order valence-electron chi connectivity index (χ3n) is 5.15. The van der Waals surface area contributed by atoms with Crippen LogP contribution in [0.4, 0.5) is 5.82 Å². The maximum Gasteiger partial charge on any atom is 0.228 e. The molecule has 2 aliphatic rings. The fourth-order valence-corrected chi connectivity index (χ4v) is 3.45. The Hall–Kier alpha value is -3.61. The number of hydrogen-bond acceptors (Lipinski definition) is 5. The van der Waals surface area contributed by atoms with Crippen LogP contribution in [0.2, 0.25) is 0 Å². The van der Waals surface area contributed by atoms with E-state index in [1.54, 1.807) is 13.3 Å². The van der Waals surface area contributed by atoms with Crippen molar-refractivity contribution in [2.45, 2.75) is 25.3 Å². The molecular weight excluding hydrogens is 366 g/mol. The molecule has 7 nitrogen and oxygen atoms in total. The van der Waals surface area contributed by atoms with Crippen LogP contribution in [0.1, 0.15) is 24.8 Å². The summed E-state index contributed by atoms with van der Waals surface area (Å²) in [5.74, 6) is 1.64. The molecule has 3 heterocycles. The molecule has 1 aliphatic heterocycles. The highest BCUT2D eigenvalue weighted by atomic mass is 16.5. The fraction of sp³-hybridized carbons (Fsp3) is 0.227. The second-order valence-corrected chi connectivity index (χ2v) is 7.39. The highest BCUT2D eigenvalue weighted by Gasteiger charge is 2.24. The molecule has 0 unspecified atom stereocenters. The minimum absolute atomic E-state index is 0.0427. The van der Waals surface area contributed by atoms with Gasteiger partial charge in [0, 0.05) is 28.9 Å². The van der Waals surface area contributed by atoms with Crippen LogP contribution in [0.5, 0.6) is 5.75 Å². The number of methoxy groups -OCH3 is 1. The Kier molecular flexibility index (Phi) is 4.08. The first-order valence-corrected chi connectivity index (χ1v) is 9.60. The lowest BCUT2D eigenvalue weighted by molar-refractivity contribution is -0.118. The van der Waals surface area contributed by atoms with Gasteiger partial charge in [0.25, 0.3) is 0 Å². The van der Waals surface area contributed by atoms with Gasteiger partial charge in [0.15, 0.2) is 5.65 Å². The number of allylic oxidation sites excluding steroid dienone is 1. The summed E-state index contributed by atoms with van der Waals surface area (Å²) in [7, 11) is 1.65. The molecule has 3 aromatic rings. The van der Waals surface area contributed by atoms with Crippen molar-refractivity contribution >= 4 is 23.4 Å². The Balaban J connectivity index is 1.65. The van der Waals surface area contributed by atoms with Gasteiger partial charge in [-0.25, -0.2) is 4.98 Å². The second-order valence-electron chi connectivity index (χ2n) is 7.39. The van der Waals surface area contributed by atoms with Crippen molar-refractivity contribution in [1.29, 1.82) is 0 Å². The molecule has 1 aromatic carbocycles. The average molecular weight is 387 g/mol. The number of hydrogen-bond donors (Lipinski definition) is 2. The summed E-state index contributed by atoms with van der Waals surface area (Å²) in [5, 5.41) is 10.8. The van der Waals surface area contributed by atoms with Crippen LogP contribution >= 0.6 is 0 Å². The number of nitrogens with zero attached hydrogens (tertiary/aromatic N) is 3. The van der Waals surface area contributed by atoms with Crippen molar-refractivity contribution in [2.75, 3.05) is 12.4 Å². The molecule has 1 aliphatic carbocycles. The van der Waals surface area contributed by atoms with E-state index in [-0.39, 0.29) is 5.91 Å². The normalized spacial score (nSPS) is 17.8. The summed E-state index contributed by atoms with van der Waals surface area (Å²) in [6, 6.07) is 10.3. The number of aromatic nitrogens is 3. The van der Waals surface area contributed by atoms with Crippen LogP contribution in [-0.4, -0.2) is 33.7 Å². The zero-order chi connectivity index (χ0) is 20.0. The lowest BCUT2D eigenvalue weighted by Gasteiger charge is -2.11. The molecule has 0 bridgehead atoms. The molecule has 7 heteroatoms. The number of carbonyl (C=O) groups excluding carboxylic acids is 1. The second kappa shape index (κ2) is 6.77. The lowest BCUT2D eigenvalue weighted by Crippen LogP contribution is -2.10. The molecule has 146 valence electrons. The highest BCUT2D eigenvalue weighted by molar-refractivity contribution is 5.90. The van der Waals surface area contributed by atoms with Gasteiger partial charge in [-0.1, -0.05) is 18.7 Å². The van der Waals surface area contributed by atoms with Gasteiger partial charge in [0.05, 0.1) is 25.4 Å². The summed E-state index contributed by atoms with van der Waals surface area (Å²) in [6.45, 7) is 3.92. The maximum absolute atomic E-state index is 11.7. The number of nitrogens with one attached hydrogen (secondary N) is 2. The van der Waals surface area contributed by atoms with E-state index < -0.39 is 0 Å². The summed E-state index contributed by atoms with van der Waals surface area (Å²) < 4.78 is 7.19. The zero-order valence-corrected chi connectivity index (χ0v) is 16.1. The molecule has 2 fully saturated rings. The molecule has 29 heavy (non-hydrogen) atoms. The third-order valence-corrected chi connectivity index (χ3v) is 5.15. The first-order valence-electron chi connectivity index (χ1n) is 9.60. The standard InChI is InChI=1S/C22H21N5O2/c1-13-15(10-21(28)24-13)8-16-12-23-27-20(25-17-6-7-17)11-19(26-22(16)27)14-4-3-5-18(9-14)29-2/h3-5,8-9,11-12,17,25H,1,6-7,10H2,2H3,(H,24,28)/b15-8+. The SMILES string of the molecule is C=C1NC(=O)C/C1=C\c1cnn2c(NC3CC3)cc(-c3cccc(OC)c3)nc12. The van der Waals surface area contributed by atoms with E-state index in [4.69, 9.17) is 9.72 Å². The highest BCUT2D eigenvalue weighted by Crippen LogP contribution is 2.31. The fourth-order valence-electron chi connectivity index (χ4n) is 3.45. The van der Waals surface area contributed by atoms with Gasteiger partial charge in [0.1, 0.15) is 11.6 Å². The minimum atomic E-state index is -0.0427. The van der Waals surface area contributed by atoms with Crippen molar-refractivity contribution in [3.8, 4) is 17.0 Å². The van der Waals surface area contributed by atoms with Gasteiger partial charge in [-0.05, 0) is 36.6 Å². The van der Waals surface area contributed by atoms with Gasteiger partial charge >= 0.3 is 0 Å². The number of ether oxygens (including phenoxy) is 1. The summed E-state index contributed by atoms with van der Waals surface area (Å²) in [4.78, 5) is 16.5. The van der Waals surface area contributed by atoms with Gasteiger partial charge in [-0.2, -0.15) is 9.61 Å². The molecule has 0 radical (unpaired) electrons. The van der Waals surface area contributed by atoms with E-state index in [2.05, 4.69) is 22.3 Å². The first-order chi connectivity index (χ1) is 14.1. The van der Waals surface area contributed by atoms with Gasteiger partial charge in [0.2, 0.25) is 5.91 Å². The van der Waals surface area contributed by atoms with E-state index in [1.807, 2.05) is 40.9 Å². The number of anilines is 1. The minimum Gasteiger partial charge on any atom is -0.497 e. The van der Waals surface area contributed by atoms with Crippen molar-refractivity contribution in [3.63, 3.8) is 0 Å². The van der Waals surface area contributed by atoms with Gasteiger partial charge in [-0.15, -0.1) is 0 Å². The predicted octanol–water partition coefficient (Wildman–Crippen LogP) is 3.40. The van der Waals surface area contributed by atoms with Crippen LogP contribution in [0.15, 0.2) is 54.4 Å². The van der Waals surface area contributed by atoms with E-state index in [0.29, 0.717) is 18.2 Å². The third kappa shape index (κ3) is 3.35. The smallest absolute Gasteiger partial charge is 0.228 e. The van der Waals surface area contributed by atoms with Crippen LogP contribution in [0, 0.1) is 0 Å². The number of fused-ring (bicyclic) bond motifs is 1. The Morgan fingerprint density at radius 3 is 2.93 bits per heavy atom. The number of carbonyl (C=O) groups is 1. The summed E-state index contributed by atoms with van der Waals surface area (Å²) >= 11 is 0. The Morgan fingerprint density at radius 2 is 2.21 bits per heavy atom. The Labute approximate surface area is 168 Å². The zero-order valence-electron chi connectivity index (χ0n) is 16.1. The first kappa shape index (κ1) is 17.5. The molecule has 1 amide bonds. The topological polar surface area (TPSA) is 80.6 Å².